The molecule has 4 rings (SSSR count). The third-order valence-corrected chi connectivity index (χ3v) is 4.42. The predicted octanol–water partition coefficient (Wildman–Crippen LogP) is 5.29. The van der Waals surface area contributed by atoms with E-state index in [9.17, 15) is 0 Å². The fraction of sp³-hybridized carbons (Fsp3) is 0.0455. The average Bonchev–Trinajstić information content (AvgIpc) is 3.13. The number of benzene rings is 3. The Morgan fingerprint density at radius 3 is 2.55 bits per heavy atom. The molecule has 0 amide bonds. The third kappa shape index (κ3) is 4.25. The van der Waals surface area contributed by atoms with Gasteiger partial charge in [0.1, 0.15) is 17.2 Å². The first kappa shape index (κ1) is 18.6. The highest BCUT2D eigenvalue weighted by atomic mass is 32.1. The Morgan fingerprint density at radius 1 is 0.966 bits per heavy atom. The van der Waals surface area contributed by atoms with E-state index in [1.807, 2.05) is 78.9 Å². The lowest BCUT2D eigenvalue weighted by atomic mass is 10.2. The molecule has 0 atom stereocenters. The molecule has 0 spiro atoms. The van der Waals surface area contributed by atoms with Gasteiger partial charge in [-0.25, -0.2) is 5.10 Å². The summed E-state index contributed by atoms with van der Waals surface area (Å²) in [5.74, 6) is 2.76. The van der Waals surface area contributed by atoms with Crippen molar-refractivity contribution >= 4 is 18.4 Å². The molecule has 7 heteroatoms. The minimum Gasteiger partial charge on any atom is -0.496 e. The Kier molecular flexibility index (Phi) is 5.49. The fourth-order valence-corrected chi connectivity index (χ4v) is 2.99. The number of nitrogens with zero attached hydrogens (tertiary/aromatic N) is 3. The highest BCUT2D eigenvalue weighted by Gasteiger charge is 2.12. The second-order valence-corrected chi connectivity index (χ2v) is 6.48. The largest absolute Gasteiger partial charge is 0.496 e. The minimum atomic E-state index is 0.388. The molecule has 6 nitrogen and oxygen atoms in total. The van der Waals surface area contributed by atoms with Crippen LogP contribution >= 0.6 is 12.2 Å². The van der Waals surface area contributed by atoms with Gasteiger partial charge >= 0.3 is 0 Å². The van der Waals surface area contributed by atoms with Crippen molar-refractivity contribution in [2.75, 3.05) is 7.11 Å². The molecule has 0 saturated carbocycles. The van der Waals surface area contributed by atoms with Crippen LogP contribution in [-0.2, 0) is 0 Å². The van der Waals surface area contributed by atoms with Crippen molar-refractivity contribution < 1.29 is 9.47 Å². The SMILES string of the molecule is COc1ccccc1-c1n[nH]c(=S)n1/N=C\c1cccc(Oc2ccccc2)c1. The molecular formula is C22H18N4O2S. The summed E-state index contributed by atoms with van der Waals surface area (Å²) < 4.78 is 13.3. The van der Waals surface area contributed by atoms with E-state index in [0.29, 0.717) is 16.3 Å². The molecule has 0 aliphatic heterocycles. The summed E-state index contributed by atoms with van der Waals surface area (Å²) in [6.45, 7) is 0. The summed E-state index contributed by atoms with van der Waals surface area (Å²) in [4.78, 5) is 0. The lowest BCUT2D eigenvalue weighted by Crippen LogP contribution is -1.97. The van der Waals surface area contributed by atoms with Gasteiger partial charge in [-0.15, -0.1) is 0 Å². The summed E-state index contributed by atoms with van der Waals surface area (Å²) >= 11 is 5.35. The quantitative estimate of drug-likeness (QED) is 0.351. The Balaban J connectivity index is 1.63. The van der Waals surface area contributed by atoms with Gasteiger partial charge in [-0.05, 0) is 54.2 Å². The van der Waals surface area contributed by atoms with Crippen molar-refractivity contribution in [3.05, 3.63) is 89.2 Å². The zero-order valence-electron chi connectivity index (χ0n) is 15.6. The van der Waals surface area contributed by atoms with E-state index in [0.717, 1.165) is 22.6 Å². The number of rotatable bonds is 6. The lowest BCUT2D eigenvalue weighted by molar-refractivity contribution is 0.416. The van der Waals surface area contributed by atoms with Crippen molar-refractivity contribution in [3.8, 4) is 28.6 Å². The molecule has 4 aromatic rings. The van der Waals surface area contributed by atoms with Gasteiger partial charge in [0.05, 0.1) is 18.9 Å². The van der Waals surface area contributed by atoms with Gasteiger partial charge < -0.3 is 9.47 Å². The fourth-order valence-electron chi connectivity index (χ4n) is 2.81. The van der Waals surface area contributed by atoms with E-state index in [-0.39, 0.29) is 0 Å². The molecule has 0 radical (unpaired) electrons. The second-order valence-electron chi connectivity index (χ2n) is 6.10. The number of hydrogen-bond acceptors (Lipinski definition) is 5. The second kappa shape index (κ2) is 8.53. The summed E-state index contributed by atoms with van der Waals surface area (Å²) in [6.07, 6.45) is 1.71. The average molecular weight is 402 g/mol. The van der Waals surface area contributed by atoms with Crippen LogP contribution in [0, 0.1) is 4.77 Å². The van der Waals surface area contributed by atoms with Gasteiger partial charge in [-0.1, -0.05) is 42.5 Å². The maximum atomic E-state index is 5.88. The van der Waals surface area contributed by atoms with E-state index in [4.69, 9.17) is 21.7 Å². The summed E-state index contributed by atoms with van der Waals surface area (Å²) in [6, 6.07) is 24.9. The van der Waals surface area contributed by atoms with E-state index >= 15 is 0 Å². The highest BCUT2D eigenvalue weighted by molar-refractivity contribution is 7.71. The molecular weight excluding hydrogens is 384 g/mol. The third-order valence-electron chi connectivity index (χ3n) is 4.16. The zero-order chi connectivity index (χ0) is 20.1. The summed E-state index contributed by atoms with van der Waals surface area (Å²) in [7, 11) is 1.62. The zero-order valence-corrected chi connectivity index (χ0v) is 16.5. The molecule has 0 aliphatic carbocycles. The standard InChI is InChI=1S/C22H18N4O2S/c1-27-20-13-6-5-12-19(20)21-24-25-22(29)26(21)23-15-16-8-7-11-18(14-16)28-17-9-3-2-4-10-17/h2-15H,1H3,(H,25,29)/b23-15-. The first-order valence-electron chi connectivity index (χ1n) is 8.93. The summed E-state index contributed by atoms with van der Waals surface area (Å²) in [5, 5.41) is 11.6. The molecule has 0 fully saturated rings. The van der Waals surface area contributed by atoms with Crippen molar-refractivity contribution in [1.29, 1.82) is 0 Å². The predicted molar refractivity (Wildman–Crippen MR) is 115 cm³/mol. The van der Waals surface area contributed by atoms with Gasteiger partial charge in [0.25, 0.3) is 0 Å². The van der Waals surface area contributed by atoms with Gasteiger partial charge in [0.2, 0.25) is 4.77 Å². The van der Waals surface area contributed by atoms with Crippen LogP contribution < -0.4 is 9.47 Å². The first-order chi connectivity index (χ1) is 14.2. The van der Waals surface area contributed by atoms with Crippen LogP contribution in [0.2, 0.25) is 0 Å². The van der Waals surface area contributed by atoms with Crippen molar-refractivity contribution in [1.82, 2.24) is 14.9 Å². The molecule has 0 unspecified atom stereocenters. The minimum absolute atomic E-state index is 0.388. The number of H-pyrrole nitrogens is 1. The van der Waals surface area contributed by atoms with Crippen molar-refractivity contribution in [3.63, 3.8) is 0 Å². The number of hydrogen-bond donors (Lipinski definition) is 1. The molecule has 3 aromatic carbocycles. The number of para-hydroxylation sites is 2. The van der Waals surface area contributed by atoms with Crippen LogP contribution in [0.1, 0.15) is 5.56 Å². The number of nitrogens with one attached hydrogen (secondary N) is 1. The number of ether oxygens (including phenoxy) is 2. The highest BCUT2D eigenvalue weighted by Crippen LogP contribution is 2.28. The monoisotopic (exact) mass is 402 g/mol. The molecule has 144 valence electrons. The van der Waals surface area contributed by atoms with Gasteiger partial charge in [0, 0.05) is 0 Å². The van der Waals surface area contributed by atoms with Crippen molar-refractivity contribution in [2.45, 2.75) is 0 Å². The normalized spacial score (nSPS) is 10.9. The smallest absolute Gasteiger partial charge is 0.216 e. The lowest BCUT2D eigenvalue weighted by Gasteiger charge is -2.07. The Morgan fingerprint density at radius 2 is 1.72 bits per heavy atom. The van der Waals surface area contributed by atoms with Crippen LogP contribution in [-0.4, -0.2) is 28.2 Å². The Labute approximate surface area is 173 Å². The molecule has 0 bridgehead atoms. The van der Waals surface area contributed by atoms with Crippen LogP contribution in [0.5, 0.6) is 17.2 Å². The number of methoxy groups -OCH3 is 1. The number of aromatic amines is 1. The van der Waals surface area contributed by atoms with E-state index in [1.165, 1.54) is 0 Å². The molecule has 1 heterocycles. The maximum Gasteiger partial charge on any atom is 0.216 e. The molecule has 29 heavy (non-hydrogen) atoms. The maximum absolute atomic E-state index is 5.88. The molecule has 1 aromatic heterocycles. The van der Waals surface area contributed by atoms with E-state index < -0.39 is 0 Å². The van der Waals surface area contributed by atoms with Crippen LogP contribution in [0.4, 0.5) is 0 Å². The topological polar surface area (TPSA) is 64.4 Å². The Hall–Kier alpha value is -3.71. The van der Waals surface area contributed by atoms with Gasteiger partial charge in [0.15, 0.2) is 5.82 Å². The Bertz CT molecular complexity index is 1200. The first-order valence-corrected chi connectivity index (χ1v) is 9.33. The molecule has 0 aliphatic rings. The molecule has 0 saturated heterocycles. The van der Waals surface area contributed by atoms with E-state index in [1.54, 1.807) is 18.0 Å². The number of aromatic nitrogens is 3. The van der Waals surface area contributed by atoms with Gasteiger partial charge in [-0.2, -0.15) is 14.9 Å². The van der Waals surface area contributed by atoms with Crippen LogP contribution in [0.25, 0.3) is 11.4 Å². The summed E-state index contributed by atoms with van der Waals surface area (Å²) in [5.41, 5.74) is 1.66. The van der Waals surface area contributed by atoms with Crippen LogP contribution in [0.3, 0.4) is 0 Å². The van der Waals surface area contributed by atoms with Crippen molar-refractivity contribution in [2.24, 2.45) is 5.10 Å². The van der Waals surface area contributed by atoms with Gasteiger partial charge in [-0.3, -0.25) is 0 Å². The molecule has 1 N–H and O–H groups in total. The van der Waals surface area contributed by atoms with Crippen LogP contribution in [0.15, 0.2) is 84.0 Å². The van der Waals surface area contributed by atoms with E-state index in [2.05, 4.69) is 15.3 Å².